The second kappa shape index (κ2) is 9.60. The molecule has 0 aliphatic rings. The first-order valence-electron chi connectivity index (χ1n) is 8.41. The molecule has 0 saturated heterocycles. The number of esters is 1. The summed E-state index contributed by atoms with van der Waals surface area (Å²) in [4.78, 5) is 24.5. The fourth-order valence-corrected chi connectivity index (χ4v) is 3.11. The Balaban J connectivity index is 1.94. The average Bonchev–Trinajstić information content (AvgIpc) is 2.62. The van der Waals surface area contributed by atoms with E-state index in [0.717, 1.165) is 12.0 Å². The Morgan fingerprint density at radius 1 is 1.04 bits per heavy atom. The van der Waals surface area contributed by atoms with Gasteiger partial charge in [-0.05, 0) is 31.0 Å². The monoisotopic (exact) mass is 393 g/mol. The molecule has 0 unspecified atom stereocenters. The van der Waals surface area contributed by atoms with Gasteiger partial charge in [0.25, 0.3) is 5.91 Å². The molecule has 0 aromatic heterocycles. The van der Waals surface area contributed by atoms with Crippen LogP contribution in [-0.2, 0) is 9.53 Å². The maximum absolute atomic E-state index is 12.3. The lowest BCUT2D eigenvalue weighted by molar-refractivity contribution is -0.129. The van der Waals surface area contributed by atoms with E-state index in [0.29, 0.717) is 6.54 Å². The summed E-state index contributed by atoms with van der Waals surface area (Å²) in [5, 5.41) is 3.21. The lowest BCUT2D eigenvalue weighted by atomic mass is 9.96. The molecule has 2 aromatic rings. The van der Waals surface area contributed by atoms with Gasteiger partial charge in [-0.15, -0.1) is 0 Å². The first-order chi connectivity index (χ1) is 12.4. The van der Waals surface area contributed by atoms with Crippen LogP contribution in [0.25, 0.3) is 0 Å². The van der Waals surface area contributed by atoms with Gasteiger partial charge in [0, 0.05) is 12.5 Å². The van der Waals surface area contributed by atoms with Crippen LogP contribution >= 0.6 is 23.2 Å². The number of benzene rings is 2. The Morgan fingerprint density at radius 3 is 2.23 bits per heavy atom. The van der Waals surface area contributed by atoms with Crippen molar-refractivity contribution in [1.29, 1.82) is 0 Å². The summed E-state index contributed by atoms with van der Waals surface area (Å²) in [6.07, 6.45) is -0.0728. The number of hydrogen-bond acceptors (Lipinski definition) is 3. The molecular formula is C20H21Cl2NO3. The molecule has 2 rings (SSSR count). The molecule has 1 N–H and O–H groups in total. The van der Waals surface area contributed by atoms with Crippen LogP contribution in [0.3, 0.4) is 0 Å². The zero-order valence-corrected chi connectivity index (χ0v) is 16.2. The maximum atomic E-state index is 12.3. The Morgan fingerprint density at radius 2 is 1.65 bits per heavy atom. The largest absolute Gasteiger partial charge is 0.449 e. The van der Waals surface area contributed by atoms with Crippen LogP contribution in [0.2, 0.25) is 10.0 Å². The molecule has 1 amide bonds. The molecular weight excluding hydrogens is 373 g/mol. The molecule has 138 valence electrons. The highest BCUT2D eigenvalue weighted by atomic mass is 35.5. The third kappa shape index (κ3) is 5.23. The zero-order chi connectivity index (χ0) is 19.1. The highest BCUT2D eigenvalue weighted by Gasteiger charge is 2.23. The molecule has 2 atom stereocenters. The van der Waals surface area contributed by atoms with Gasteiger partial charge in [0.1, 0.15) is 0 Å². The third-order valence-electron chi connectivity index (χ3n) is 4.11. The molecule has 0 spiro atoms. The standard InChI is InChI=1S/C20H21Cl2NO3/c1-3-14(15-8-5-4-6-9-15)12-23-19(24)13(2)26-20(25)18-16(21)10-7-11-17(18)22/h4-11,13-14H,3,12H2,1-2H3,(H,23,24)/t13-,14-/m0/s1. The molecule has 2 aromatic carbocycles. The Kier molecular flexibility index (Phi) is 7.49. The molecule has 0 heterocycles. The lowest BCUT2D eigenvalue weighted by Gasteiger charge is -2.19. The number of amides is 1. The van der Waals surface area contributed by atoms with Crippen LogP contribution in [0.4, 0.5) is 0 Å². The normalized spacial score (nSPS) is 12.9. The molecule has 0 saturated carbocycles. The first-order valence-corrected chi connectivity index (χ1v) is 9.17. The van der Waals surface area contributed by atoms with Crippen molar-refractivity contribution in [3.05, 3.63) is 69.7 Å². The summed E-state index contributed by atoms with van der Waals surface area (Å²) in [7, 11) is 0. The number of carbonyl (C=O) groups is 2. The molecule has 4 nitrogen and oxygen atoms in total. The van der Waals surface area contributed by atoms with Gasteiger partial charge >= 0.3 is 5.97 Å². The van der Waals surface area contributed by atoms with E-state index in [2.05, 4.69) is 12.2 Å². The van der Waals surface area contributed by atoms with Gasteiger partial charge in [-0.25, -0.2) is 4.79 Å². The van der Waals surface area contributed by atoms with E-state index in [4.69, 9.17) is 27.9 Å². The predicted molar refractivity (Wildman–Crippen MR) is 104 cm³/mol. The van der Waals surface area contributed by atoms with Crippen molar-refractivity contribution in [2.24, 2.45) is 0 Å². The summed E-state index contributed by atoms with van der Waals surface area (Å²) >= 11 is 12.0. The fraction of sp³-hybridized carbons (Fsp3) is 0.300. The maximum Gasteiger partial charge on any atom is 0.341 e. The lowest BCUT2D eigenvalue weighted by Crippen LogP contribution is -2.38. The van der Waals surface area contributed by atoms with Gasteiger partial charge in [0.2, 0.25) is 0 Å². The van der Waals surface area contributed by atoms with Crippen LogP contribution in [0.5, 0.6) is 0 Å². The highest BCUT2D eigenvalue weighted by Crippen LogP contribution is 2.25. The summed E-state index contributed by atoms with van der Waals surface area (Å²) in [6.45, 7) is 4.04. The van der Waals surface area contributed by atoms with E-state index < -0.39 is 12.1 Å². The summed E-state index contributed by atoms with van der Waals surface area (Å²) in [5.41, 5.74) is 1.22. The van der Waals surface area contributed by atoms with E-state index in [1.54, 1.807) is 18.2 Å². The van der Waals surface area contributed by atoms with Crippen molar-refractivity contribution in [3.63, 3.8) is 0 Å². The molecule has 0 aliphatic heterocycles. The smallest absolute Gasteiger partial charge is 0.341 e. The minimum atomic E-state index is -0.955. The van der Waals surface area contributed by atoms with Crippen LogP contribution in [0.15, 0.2) is 48.5 Å². The quantitative estimate of drug-likeness (QED) is 0.684. The fourth-order valence-electron chi connectivity index (χ4n) is 2.56. The molecule has 0 aliphatic carbocycles. The summed E-state index contributed by atoms with van der Waals surface area (Å²) in [5.74, 6) is -0.893. The van der Waals surface area contributed by atoms with Crippen molar-refractivity contribution in [3.8, 4) is 0 Å². The number of carbonyl (C=O) groups excluding carboxylic acids is 2. The van der Waals surface area contributed by atoms with Crippen LogP contribution < -0.4 is 5.32 Å². The van der Waals surface area contributed by atoms with E-state index in [1.165, 1.54) is 6.92 Å². The van der Waals surface area contributed by atoms with Crippen LogP contribution in [0, 0.1) is 0 Å². The van der Waals surface area contributed by atoms with Crippen molar-refractivity contribution in [2.45, 2.75) is 32.3 Å². The second-order valence-corrected chi connectivity index (χ2v) is 6.72. The van der Waals surface area contributed by atoms with Gasteiger partial charge in [0.15, 0.2) is 6.10 Å². The highest BCUT2D eigenvalue weighted by molar-refractivity contribution is 6.39. The molecule has 26 heavy (non-hydrogen) atoms. The first kappa shape index (κ1) is 20.3. The molecule has 0 radical (unpaired) electrons. The van der Waals surface area contributed by atoms with Crippen LogP contribution in [-0.4, -0.2) is 24.5 Å². The summed E-state index contributed by atoms with van der Waals surface area (Å²) in [6, 6.07) is 14.7. The number of halogens is 2. The number of rotatable bonds is 7. The van der Waals surface area contributed by atoms with Crippen molar-refractivity contribution < 1.29 is 14.3 Å². The van der Waals surface area contributed by atoms with Crippen molar-refractivity contribution in [2.75, 3.05) is 6.54 Å². The SMILES string of the molecule is CC[C@@H](CNC(=O)[C@H](C)OC(=O)c1c(Cl)cccc1Cl)c1ccccc1. The van der Waals surface area contributed by atoms with E-state index >= 15 is 0 Å². The Labute approximate surface area is 163 Å². The van der Waals surface area contributed by atoms with Crippen molar-refractivity contribution >= 4 is 35.1 Å². The Hall–Kier alpha value is -2.04. The number of nitrogens with one attached hydrogen (secondary N) is 1. The van der Waals surface area contributed by atoms with E-state index in [9.17, 15) is 9.59 Å². The molecule has 6 heteroatoms. The molecule has 0 bridgehead atoms. The predicted octanol–water partition coefficient (Wildman–Crippen LogP) is 4.85. The van der Waals surface area contributed by atoms with Gasteiger partial charge in [-0.2, -0.15) is 0 Å². The Bertz CT molecular complexity index is 745. The zero-order valence-electron chi connectivity index (χ0n) is 14.7. The number of hydrogen-bond donors (Lipinski definition) is 1. The van der Waals surface area contributed by atoms with Crippen molar-refractivity contribution in [1.82, 2.24) is 5.32 Å². The second-order valence-electron chi connectivity index (χ2n) is 5.91. The number of ether oxygens (including phenoxy) is 1. The topological polar surface area (TPSA) is 55.4 Å². The van der Waals surface area contributed by atoms with Gasteiger partial charge in [-0.3, -0.25) is 4.79 Å². The van der Waals surface area contributed by atoms with Gasteiger partial charge in [-0.1, -0.05) is 66.5 Å². The third-order valence-corrected chi connectivity index (χ3v) is 4.74. The molecule has 0 fully saturated rings. The minimum absolute atomic E-state index is 0.0613. The van der Waals surface area contributed by atoms with Gasteiger partial charge < -0.3 is 10.1 Å². The van der Waals surface area contributed by atoms with Gasteiger partial charge in [0.05, 0.1) is 15.6 Å². The summed E-state index contributed by atoms with van der Waals surface area (Å²) < 4.78 is 5.21. The minimum Gasteiger partial charge on any atom is -0.449 e. The van der Waals surface area contributed by atoms with E-state index in [-0.39, 0.29) is 27.4 Å². The average molecular weight is 394 g/mol. The van der Waals surface area contributed by atoms with Crippen LogP contribution in [0.1, 0.15) is 42.1 Å². The van der Waals surface area contributed by atoms with E-state index in [1.807, 2.05) is 30.3 Å².